The van der Waals surface area contributed by atoms with Crippen molar-refractivity contribution in [3.8, 4) is 0 Å². The average molecular weight is 231 g/mol. The number of nitrogens with one attached hydrogen (secondary N) is 2. The molecule has 0 radical (unpaired) electrons. The van der Waals surface area contributed by atoms with E-state index in [2.05, 4.69) is 10.6 Å². The van der Waals surface area contributed by atoms with E-state index in [1.54, 1.807) is 6.92 Å². The summed E-state index contributed by atoms with van der Waals surface area (Å²) in [6, 6.07) is -0.438. The molecule has 0 atom stereocenters. The van der Waals surface area contributed by atoms with Crippen LogP contribution in [0, 0.1) is 0 Å². The summed E-state index contributed by atoms with van der Waals surface area (Å²) in [7, 11) is 1.48. The Kier molecular flexibility index (Phi) is 6.66. The molecule has 0 saturated carbocycles. The van der Waals surface area contributed by atoms with E-state index in [-0.39, 0.29) is 25.4 Å². The Labute approximate surface area is 93.8 Å². The van der Waals surface area contributed by atoms with Crippen LogP contribution in [-0.4, -0.2) is 54.6 Å². The zero-order chi connectivity index (χ0) is 12.6. The van der Waals surface area contributed by atoms with E-state index in [4.69, 9.17) is 5.11 Å². The maximum absolute atomic E-state index is 11.4. The SMILES string of the molecule is CCN(CC(=O)NC)C(=O)NCCC(=O)O. The minimum atomic E-state index is -0.977. The average Bonchev–Trinajstić information content (AvgIpc) is 2.24. The molecule has 92 valence electrons. The minimum Gasteiger partial charge on any atom is -0.481 e. The van der Waals surface area contributed by atoms with Gasteiger partial charge in [0.1, 0.15) is 6.54 Å². The second-order valence-electron chi connectivity index (χ2n) is 3.06. The van der Waals surface area contributed by atoms with Crippen molar-refractivity contribution in [1.82, 2.24) is 15.5 Å². The van der Waals surface area contributed by atoms with Gasteiger partial charge >= 0.3 is 12.0 Å². The Hall–Kier alpha value is -1.79. The summed E-state index contributed by atoms with van der Waals surface area (Å²) in [6.07, 6.45) is -0.136. The van der Waals surface area contributed by atoms with E-state index in [0.29, 0.717) is 6.54 Å². The van der Waals surface area contributed by atoms with E-state index in [9.17, 15) is 14.4 Å². The first-order valence-electron chi connectivity index (χ1n) is 4.96. The van der Waals surface area contributed by atoms with Crippen LogP contribution >= 0.6 is 0 Å². The first-order valence-corrected chi connectivity index (χ1v) is 4.96. The van der Waals surface area contributed by atoms with Crippen molar-refractivity contribution < 1.29 is 19.5 Å². The summed E-state index contributed by atoms with van der Waals surface area (Å²) in [5, 5.41) is 13.2. The summed E-state index contributed by atoms with van der Waals surface area (Å²) in [4.78, 5) is 34.0. The molecule has 0 fully saturated rings. The normalized spacial score (nSPS) is 9.38. The van der Waals surface area contributed by atoms with Gasteiger partial charge in [-0.25, -0.2) is 4.79 Å². The summed E-state index contributed by atoms with van der Waals surface area (Å²) >= 11 is 0. The molecule has 7 nitrogen and oxygen atoms in total. The Bertz CT molecular complexity index is 267. The highest BCUT2D eigenvalue weighted by molar-refractivity contribution is 5.83. The van der Waals surface area contributed by atoms with E-state index in [1.165, 1.54) is 11.9 Å². The lowest BCUT2D eigenvalue weighted by Crippen LogP contribution is -2.45. The number of hydrogen-bond acceptors (Lipinski definition) is 3. The van der Waals surface area contributed by atoms with Gasteiger partial charge in [-0.1, -0.05) is 0 Å². The Balaban J connectivity index is 4.00. The molecule has 0 aromatic carbocycles. The fourth-order valence-electron chi connectivity index (χ4n) is 0.968. The molecule has 0 spiro atoms. The molecule has 3 N–H and O–H groups in total. The predicted molar refractivity (Wildman–Crippen MR) is 57.0 cm³/mol. The Morgan fingerprint density at radius 1 is 1.31 bits per heavy atom. The van der Waals surface area contributed by atoms with Gasteiger partial charge in [-0.2, -0.15) is 0 Å². The second-order valence-corrected chi connectivity index (χ2v) is 3.06. The maximum Gasteiger partial charge on any atom is 0.317 e. The number of aliphatic carboxylic acids is 1. The molecule has 0 saturated heterocycles. The van der Waals surface area contributed by atoms with Gasteiger partial charge in [-0.3, -0.25) is 9.59 Å². The Morgan fingerprint density at radius 3 is 2.38 bits per heavy atom. The van der Waals surface area contributed by atoms with Crippen molar-refractivity contribution >= 4 is 17.9 Å². The number of carboxylic acid groups (broad SMARTS) is 1. The van der Waals surface area contributed by atoms with E-state index in [0.717, 1.165) is 0 Å². The topological polar surface area (TPSA) is 98.7 Å². The zero-order valence-corrected chi connectivity index (χ0v) is 9.45. The van der Waals surface area contributed by atoms with E-state index < -0.39 is 12.0 Å². The van der Waals surface area contributed by atoms with Crippen molar-refractivity contribution in [3.63, 3.8) is 0 Å². The van der Waals surface area contributed by atoms with E-state index in [1.807, 2.05) is 0 Å². The van der Waals surface area contributed by atoms with Gasteiger partial charge in [-0.15, -0.1) is 0 Å². The van der Waals surface area contributed by atoms with Crippen LogP contribution in [0.4, 0.5) is 4.79 Å². The number of nitrogens with zero attached hydrogens (tertiary/aromatic N) is 1. The summed E-state index contributed by atoms with van der Waals surface area (Å²) in [6.45, 7) is 2.14. The second kappa shape index (κ2) is 7.49. The molecule has 0 aliphatic rings. The van der Waals surface area contributed by atoms with Gasteiger partial charge in [0.15, 0.2) is 0 Å². The largest absolute Gasteiger partial charge is 0.481 e. The van der Waals surface area contributed by atoms with Gasteiger partial charge in [0.05, 0.1) is 6.42 Å². The predicted octanol–water partition coefficient (Wildman–Crippen LogP) is -0.761. The third-order valence-corrected chi connectivity index (χ3v) is 1.90. The van der Waals surface area contributed by atoms with Crippen LogP contribution in [0.25, 0.3) is 0 Å². The molecule has 0 aliphatic carbocycles. The molecule has 16 heavy (non-hydrogen) atoms. The first kappa shape index (κ1) is 14.2. The molecule has 0 aliphatic heterocycles. The number of carbonyl (C=O) groups is 3. The maximum atomic E-state index is 11.4. The number of amides is 3. The van der Waals surface area contributed by atoms with Crippen LogP contribution in [-0.2, 0) is 9.59 Å². The quantitative estimate of drug-likeness (QED) is 0.559. The minimum absolute atomic E-state index is 0.0358. The van der Waals surface area contributed by atoms with Crippen molar-refractivity contribution in [2.24, 2.45) is 0 Å². The standard InChI is InChI=1S/C9H17N3O4/c1-3-12(6-7(13)10-2)9(16)11-5-4-8(14)15/h3-6H2,1-2H3,(H,10,13)(H,11,16)(H,14,15). The molecule has 0 heterocycles. The van der Waals surface area contributed by atoms with Crippen LogP contribution in [0.1, 0.15) is 13.3 Å². The molecule has 0 rings (SSSR count). The number of hydrogen-bond donors (Lipinski definition) is 3. The van der Waals surface area contributed by atoms with Gasteiger partial charge in [0.2, 0.25) is 5.91 Å². The third-order valence-electron chi connectivity index (χ3n) is 1.90. The third kappa shape index (κ3) is 5.84. The Morgan fingerprint density at radius 2 is 1.94 bits per heavy atom. The molecule has 0 bridgehead atoms. The molecular formula is C9H17N3O4. The molecule has 3 amide bonds. The number of rotatable bonds is 6. The number of likely N-dealkylation sites (N-methyl/N-ethyl adjacent to an activating group) is 2. The summed E-state index contributed by atoms with van der Waals surface area (Å²) in [5.41, 5.74) is 0. The summed E-state index contributed by atoms with van der Waals surface area (Å²) < 4.78 is 0. The van der Waals surface area contributed by atoms with Crippen LogP contribution in [0.3, 0.4) is 0 Å². The van der Waals surface area contributed by atoms with Crippen LogP contribution in [0.2, 0.25) is 0 Å². The zero-order valence-electron chi connectivity index (χ0n) is 9.45. The monoisotopic (exact) mass is 231 g/mol. The fourth-order valence-corrected chi connectivity index (χ4v) is 0.968. The number of urea groups is 1. The molecule has 0 aromatic rings. The lowest BCUT2D eigenvalue weighted by Gasteiger charge is -2.20. The smallest absolute Gasteiger partial charge is 0.317 e. The first-order chi connectivity index (χ1) is 7.51. The lowest BCUT2D eigenvalue weighted by atomic mass is 10.4. The van der Waals surface area contributed by atoms with Crippen molar-refractivity contribution in [3.05, 3.63) is 0 Å². The van der Waals surface area contributed by atoms with Crippen LogP contribution in [0.5, 0.6) is 0 Å². The van der Waals surface area contributed by atoms with Crippen molar-refractivity contribution in [2.75, 3.05) is 26.7 Å². The van der Waals surface area contributed by atoms with Gasteiger partial charge in [0.25, 0.3) is 0 Å². The molecular weight excluding hydrogens is 214 g/mol. The molecule has 0 unspecified atom stereocenters. The highest BCUT2D eigenvalue weighted by atomic mass is 16.4. The lowest BCUT2D eigenvalue weighted by molar-refractivity contribution is -0.136. The van der Waals surface area contributed by atoms with E-state index >= 15 is 0 Å². The van der Waals surface area contributed by atoms with Gasteiger partial charge in [0, 0.05) is 20.1 Å². The highest BCUT2D eigenvalue weighted by Gasteiger charge is 2.14. The van der Waals surface area contributed by atoms with Gasteiger partial charge in [-0.05, 0) is 6.92 Å². The van der Waals surface area contributed by atoms with Crippen LogP contribution in [0.15, 0.2) is 0 Å². The fraction of sp³-hybridized carbons (Fsp3) is 0.667. The number of carbonyl (C=O) groups excluding carboxylic acids is 2. The van der Waals surface area contributed by atoms with Crippen molar-refractivity contribution in [2.45, 2.75) is 13.3 Å². The molecule has 7 heteroatoms. The summed E-state index contributed by atoms with van der Waals surface area (Å²) in [5.74, 6) is -1.25. The van der Waals surface area contributed by atoms with Gasteiger partial charge < -0.3 is 20.6 Å². The highest BCUT2D eigenvalue weighted by Crippen LogP contribution is 1.89. The van der Waals surface area contributed by atoms with Crippen molar-refractivity contribution in [1.29, 1.82) is 0 Å². The molecule has 0 aromatic heterocycles. The van der Waals surface area contributed by atoms with Crippen LogP contribution < -0.4 is 10.6 Å². The number of carboxylic acids is 1.